The Kier molecular flexibility index (Phi) is 5.89. The number of hydrogen-bond donors (Lipinski definition) is 0. The van der Waals surface area contributed by atoms with Crippen LogP contribution in [0.15, 0.2) is 84.9 Å². The van der Waals surface area contributed by atoms with E-state index in [-0.39, 0.29) is 11.9 Å². The molecule has 6 nitrogen and oxygen atoms in total. The van der Waals surface area contributed by atoms with Crippen LogP contribution in [-0.2, 0) is 6.54 Å². The molecule has 5 rings (SSSR count). The van der Waals surface area contributed by atoms with Crippen molar-refractivity contribution in [1.29, 1.82) is 0 Å². The van der Waals surface area contributed by atoms with E-state index in [9.17, 15) is 4.39 Å². The average molecular weight is 429 g/mol. The van der Waals surface area contributed by atoms with Crippen molar-refractivity contribution in [3.05, 3.63) is 108 Å². The predicted octanol–water partition coefficient (Wildman–Crippen LogP) is 3.77. The van der Waals surface area contributed by atoms with Gasteiger partial charge in [-0.05, 0) is 45.8 Å². The van der Waals surface area contributed by atoms with Crippen LogP contribution in [0.3, 0.4) is 0 Å². The Morgan fingerprint density at radius 2 is 1.44 bits per heavy atom. The van der Waals surface area contributed by atoms with Crippen molar-refractivity contribution in [3.63, 3.8) is 0 Å². The summed E-state index contributed by atoms with van der Waals surface area (Å²) < 4.78 is 15.5. The molecule has 0 saturated carbocycles. The SMILES string of the molecule is Fc1ccc([C@@H](c2nnnn2Cc2ccccc2)N2CCN(c3ccccc3)CC2)cc1. The molecule has 1 saturated heterocycles. The second-order valence-corrected chi connectivity index (χ2v) is 7.99. The van der Waals surface area contributed by atoms with Gasteiger partial charge in [0.25, 0.3) is 0 Å². The summed E-state index contributed by atoms with van der Waals surface area (Å²) in [5, 5.41) is 12.7. The molecule has 4 aromatic rings. The fraction of sp³-hybridized carbons (Fsp3) is 0.240. The Morgan fingerprint density at radius 1 is 0.781 bits per heavy atom. The number of hydrogen-bond acceptors (Lipinski definition) is 5. The third-order valence-corrected chi connectivity index (χ3v) is 5.97. The van der Waals surface area contributed by atoms with Gasteiger partial charge in [-0.25, -0.2) is 9.07 Å². The third-order valence-electron chi connectivity index (χ3n) is 5.97. The molecule has 0 bridgehead atoms. The number of piperazine rings is 1. The molecule has 3 aromatic carbocycles. The molecule has 1 aliphatic rings. The summed E-state index contributed by atoms with van der Waals surface area (Å²) in [6.07, 6.45) is 0. The Hall–Kier alpha value is -3.58. The lowest BCUT2D eigenvalue weighted by molar-refractivity contribution is 0.201. The van der Waals surface area contributed by atoms with Gasteiger partial charge in [0.15, 0.2) is 5.82 Å². The van der Waals surface area contributed by atoms with E-state index >= 15 is 0 Å². The van der Waals surface area contributed by atoms with E-state index < -0.39 is 0 Å². The van der Waals surface area contributed by atoms with Crippen LogP contribution in [-0.4, -0.2) is 51.3 Å². The molecule has 1 fully saturated rings. The molecule has 0 aliphatic carbocycles. The summed E-state index contributed by atoms with van der Waals surface area (Å²) in [5.74, 6) is 0.527. The molecule has 0 amide bonds. The van der Waals surface area contributed by atoms with Crippen molar-refractivity contribution >= 4 is 5.69 Å². The third kappa shape index (κ3) is 4.38. The van der Waals surface area contributed by atoms with Crippen molar-refractivity contribution in [2.24, 2.45) is 0 Å². The molecule has 1 atom stereocenters. The van der Waals surface area contributed by atoms with Crippen LogP contribution in [0.1, 0.15) is 23.0 Å². The second-order valence-electron chi connectivity index (χ2n) is 7.99. The zero-order chi connectivity index (χ0) is 21.8. The molecule has 0 spiro atoms. The number of benzene rings is 3. The minimum atomic E-state index is -0.245. The predicted molar refractivity (Wildman–Crippen MR) is 122 cm³/mol. The van der Waals surface area contributed by atoms with Gasteiger partial charge in [0, 0.05) is 31.9 Å². The van der Waals surface area contributed by atoms with E-state index in [4.69, 9.17) is 0 Å². The lowest BCUT2D eigenvalue weighted by Gasteiger charge is -2.39. The number of aromatic nitrogens is 4. The highest BCUT2D eigenvalue weighted by atomic mass is 19.1. The highest BCUT2D eigenvalue weighted by Gasteiger charge is 2.30. The van der Waals surface area contributed by atoms with Gasteiger partial charge < -0.3 is 4.90 Å². The molecule has 7 heteroatoms. The fourth-order valence-corrected chi connectivity index (χ4v) is 4.32. The summed E-state index contributed by atoms with van der Waals surface area (Å²) in [4.78, 5) is 4.78. The first-order valence-corrected chi connectivity index (χ1v) is 10.9. The number of nitrogens with zero attached hydrogens (tertiary/aromatic N) is 6. The zero-order valence-corrected chi connectivity index (χ0v) is 17.8. The molecule has 162 valence electrons. The molecule has 1 aromatic heterocycles. The summed E-state index contributed by atoms with van der Waals surface area (Å²) in [7, 11) is 0. The smallest absolute Gasteiger partial charge is 0.173 e. The van der Waals surface area contributed by atoms with Crippen molar-refractivity contribution in [2.45, 2.75) is 12.6 Å². The average Bonchev–Trinajstić information content (AvgIpc) is 3.30. The molecule has 32 heavy (non-hydrogen) atoms. The van der Waals surface area contributed by atoms with Gasteiger partial charge in [0.2, 0.25) is 0 Å². The second kappa shape index (κ2) is 9.28. The van der Waals surface area contributed by atoms with E-state index in [1.807, 2.05) is 41.1 Å². The van der Waals surface area contributed by atoms with Crippen LogP contribution in [0.2, 0.25) is 0 Å². The maximum Gasteiger partial charge on any atom is 0.173 e. The van der Waals surface area contributed by atoms with Crippen molar-refractivity contribution in [1.82, 2.24) is 25.1 Å². The van der Waals surface area contributed by atoms with E-state index in [0.29, 0.717) is 6.54 Å². The summed E-state index contributed by atoms with van der Waals surface area (Å²) in [5.41, 5.74) is 3.36. The molecular formula is C25H25FN6. The van der Waals surface area contributed by atoms with Gasteiger partial charge in [0.05, 0.1) is 12.6 Å². The van der Waals surface area contributed by atoms with Gasteiger partial charge in [-0.1, -0.05) is 60.7 Å². The lowest BCUT2D eigenvalue weighted by atomic mass is 10.0. The molecule has 0 N–H and O–H groups in total. The van der Waals surface area contributed by atoms with Gasteiger partial charge in [-0.15, -0.1) is 5.10 Å². The quantitative estimate of drug-likeness (QED) is 0.468. The van der Waals surface area contributed by atoms with Crippen molar-refractivity contribution in [3.8, 4) is 0 Å². The maximum absolute atomic E-state index is 13.7. The fourth-order valence-electron chi connectivity index (χ4n) is 4.32. The van der Waals surface area contributed by atoms with Crippen LogP contribution in [0, 0.1) is 5.82 Å². The molecule has 1 aliphatic heterocycles. The summed E-state index contributed by atoms with van der Waals surface area (Å²) in [6, 6.07) is 27.2. The number of halogens is 1. The van der Waals surface area contributed by atoms with E-state index in [0.717, 1.165) is 43.1 Å². The highest BCUT2D eigenvalue weighted by molar-refractivity contribution is 5.46. The van der Waals surface area contributed by atoms with Gasteiger partial charge >= 0.3 is 0 Å². The number of tetrazole rings is 1. The van der Waals surface area contributed by atoms with E-state index in [2.05, 4.69) is 61.7 Å². The topological polar surface area (TPSA) is 50.1 Å². The van der Waals surface area contributed by atoms with Crippen LogP contribution in [0.4, 0.5) is 10.1 Å². The zero-order valence-electron chi connectivity index (χ0n) is 17.8. The number of para-hydroxylation sites is 1. The first kappa shape index (κ1) is 20.3. The highest BCUT2D eigenvalue weighted by Crippen LogP contribution is 2.29. The van der Waals surface area contributed by atoms with Gasteiger partial charge in [-0.2, -0.15) is 0 Å². The summed E-state index contributed by atoms with van der Waals surface area (Å²) in [6.45, 7) is 4.11. The Balaban J connectivity index is 1.43. The van der Waals surface area contributed by atoms with E-state index in [1.165, 1.54) is 17.8 Å². The van der Waals surface area contributed by atoms with E-state index in [1.54, 1.807) is 0 Å². The summed E-state index contributed by atoms with van der Waals surface area (Å²) >= 11 is 0. The van der Waals surface area contributed by atoms with Gasteiger partial charge in [-0.3, -0.25) is 4.90 Å². The standard InChI is InChI=1S/C25H25FN6/c26-22-13-11-21(12-14-22)24(25-27-28-29-32(25)19-20-7-3-1-4-8-20)31-17-15-30(16-18-31)23-9-5-2-6-10-23/h1-14,24H,15-19H2/t24-/m0/s1. The maximum atomic E-state index is 13.7. The molecule has 2 heterocycles. The minimum Gasteiger partial charge on any atom is -0.369 e. The van der Waals surface area contributed by atoms with Crippen LogP contribution >= 0.6 is 0 Å². The number of anilines is 1. The monoisotopic (exact) mass is 428 g/mol. The minimum absolute atomic E-state index is 0.146. The largest absolute Gasteiger partial charge is 0.369 e. The molecule has 0 radical (unpaired) electrons. The van der Waals surface area contributed by atoms with Crippen LogP contribution in [0.5, 0.6) is 0 Å². The number of rotatable bonds is 6. The first-order valence-electron chi connectivity index (χ1n) is 10.9. The Labute approximate surface area is 186 Å². The van der Waals surface area contributed by atoms with Gasteiger partial charge in [0.1, 0.15) is 5.82 Å². The normalized spacial score (nSPS) is 15.6. The van der Waals surface area contributed by atoms with Crippen LogP contribution in [0.25, 0.3) is 0 Å². The molecular weight excluding hydrogens is 403 g/mol. The molecule has 0 unspecified atom stereocenters. The lowest BCUT2D eigenvalue weighted by Crippen LogP contribution is -2.48. The van der Waals surface area contributed by atoms with Crippen molar-refractivity contribution in [2.75, 3.05) is 31.1 Å². The first-order chi connectivity index (χ1) is 15.8. The Morgan fingerprint density at radius 3 is 2.12 bits per heavy atom. The van der Waals surface area contributed by atoms with Crippen molar-refractivity contribution < 1.29 is 4.39 Å². The Bertz CT molecular complexity index is 1120. The van der Waals surface area contributed by atoms with Crippen LogP contribution < -0.4 is 4.90 Å².